The Kier molecular flexibility index (Phi) is 4.28. The molecule has 0 bridgehead atoms. The van der Waals surface area contributed by atoms with E-state index in [0.29, 0.717) is 5.56 Å². The predicted octanol–water partition coefficient (Wildman–Crippen LogP) is 5.95. The minimum Gasteiger partial charge on any atom is -0.256 e. The molecule has 122 valence electrons. The van der Waals surface area contributed by atoms with Crippen LogP contribution in [-0.2, 0) is 0 Å². The zero-order valence-electron chi connectivity index (χ0n) is 14.1. The third-order valence-electron chi connectivity index (χ3n) is 4.38. The molecule has 0 saturated carbocycles. The van der Waals surface area contributed by atoms with Crippen molar-refractivity contribution in [1.29, 1.82) is 5.26 Å². The van der Waals surface area contributed by atoms with Gasteiger partial charge in [0.1, 0.15) is 0 Å². The summed E-state index contributed by atoms with van der Waals surface area (Å²) in [6, 6.07) is 32.5. The third-order valence-corrected chi connectivity index (χ3v) is 4.38. The fraction of sp³-hybridized carbons (Fsp3) is 0. The van der Waals surface area contributed by atoms with Crippen molar-refractivity contribution in [2.45, 2.75) is 0 Å². The van der Waals surface area contributed by atoms with E-state index in [0.717, 1.165) is 33.5 Å². The van der Waals surface area contributed by atoms with E-state index in [-0.39, 0.29) is 0 Å². The van der Waals surface area contributed by atoms with Crippen LogP contribution in [-0.4, -0.2) is 4.98 Å². The normalized spacial score (nSPS) is 10.3. The van der Waals surface area contributed by atoms with Gasteiger partial charge in [-0.2, -0.15) is 5.26 Å². The van der Waals surface area contributed by atoms with Crippen molar-refractivity contribution in [3.8, 4) is 39.6 Å². The lowest BCUT2D eigenvalue weighted by Crippen LogP contribution is -1.88. The van der Waals surface area contributed by atoms with Gasteiger partial charge < -0.3 is 0 Å². The van der Waals surface area contributed by atoms with Crippen molar-refractivity contribution in [1.82, 2.24) is 4.98 Å². The van der Waals surface area contributed by atoms with E-state index in [2.05, 4.69) is 35.3 Å². The second kappa shape index (κ2) is 7.04. The van der Waals surface area contributed by atoms with Crippen molar-refractivity contribution < 1.29 is 0 Å². The van der Waals surface area contributed by atoms with Crippen LogP contribution in [0.5, 0.6) is 0 Å². The van der Waals surface area contributed by atoms with E-state index in [1.54, 1.807) is 6.20 Å². The molecule has 1 heterocycles. The molecule has 26 heavy (non-hydrogen) atoms. The Morgan fingerprint density at radius 1 is 0.615 bits per heavy atom. The minimum absolute atomic E-state index is 0.671. The van der Waals surface area contributed by atoms with Crippen LogP contribution in [0, 0.1) is 11.3 Å². The summed E-state index contributed by atoms with van der Waals surface area (Å²) in [5.74, 6) is 0. The summed E-state index contributed by atoms with van der Waals surface area (Å²) < 4.78 is 0. The van der Waals surface area contributed by atoms with E-state index < -0.39 is 0 Å². The zero-order chi connectivity index (χ0) is 17.8. The fourth-order valence-corrected chi connectivity index (χ4v) is 3.08. The Bertz CT molecular complexity index is 1080. The highest BCUT2D eigenvalue weighted by Gasteiger charge is 2.09. The molecule has 0 spiro atoms. The molecule has 0 radical (unpaired) electrons. The average molecular weight is 332 g/mol. The Morgan fingerprint density at radius 2 is 1.38 bits per heavy atom. The molecule has 0 aliphatic carbocycles. The number of hydrogen-bond acceptors (Lipinski definition) is 2. The smallest absolute Gasteiger partial charge is 0.0998 e. The van der Waals surface area contributed by atoms with E-state index in [1.165, 1.54) is 0 Å². The SMILES string of the molecule is N#Cc1cc(-c2ccccc2)ccc1-c1cccc(-c2ccccn2)c1. The Hall–Kier alpha value is -3.70. The number of hydrogen-bond donors (Lipinski definition) is 0. The van der Waals surface area contributed by atoms with E-state index in [1.807, 2.05) is 66.7 Å². The molecule has 0 saturated heterocycles. The first-order valence-electron chi connectivity index (χ1n) is 8.46. The van der Waals surface area contributed by atoms with Crippen molar-refractivity contribution in [3.63, 3.8) is 0 Å². The van der Waals surface area contributed by atoms with Gasteiger partial charge >= 0.3 is 0 Å². The third kappa shape index (κ3) is 3.11. The maximum atomic E-state index is 9.68. The number of aromatic nitrogens is 1. The van der Waals surface area contributed by atoms with Crippen LogP contribution in [0.4, 0.5) is 0 Å². The summed E-state index contributed by atoms with van der Waals surface area (Å²) >= 11 is 0. The van der Waals surface area contributed by atoms with Gasteiger partial charge in [-0.25, -0.2) is 0 Å². The molecule has 3 aromatic carbocycles. The van der Waals surface area contributed by atoms with Gasteiger partial charge in [0.05, 0.1) is 17.3 Å². The molecule has 0 N–H and O–H groups in total. The zero-order valence-corrected chi connectivity index (χ0v) is 14.1. The highest BCUT2D eigenvalue weighted by molar-refractivity contribution is 5.78. The first kappa shape index (κ1) is 15.8. The van der Waals surface area contributed by atoms with E-state index in [9.17, 15) is 5.26 Å². The minimum atomic E-state index is 0.671. The van der Waals surface area contributed by atoms with Gasteiger partial charge in [-0.1, -0.05) is 66.7 Å². The molecule has 0 atom stereocenters. The molecule has 0 aliphatic heterocycles. The Morgan fingerprint density at radius 3 is 2.15 bits per heavy atom. The van der Waals surface area contributed by atoms with Gasteiger partial charge in [0.2, 0.25) is 0 Å². The lowest BCUT2D eigenvalue weighted by molar-refractivity contribution is 1.33. The number of nitriles is 1. The van der Waals surface area contributed by atoms with E-state index >= 15 is 0 Å². The molecular weight excluding hydrogens is 316 g/mol. The molecule has 0 fully saturated rings. The maximum absolute atomic E-state index is 9.68. The molecule has 2 heteroatoms. The van der Waals surface area contributed by atoms with Gasteiger partial charge in [-0.15, -0.1) is 0 Å². The molecule has 0 amide bonds. The van der Waals surface area contributed by atoms with Crippen LogP contribution in [0.25, 0.3) is 33.5 Å². The summed E-state index contributed by atoms with van der Waals surface area (Å²) in [4.78, 5) is 4.42. The summed E-state index contributed by atoms with van der Waals surface area (Å²) in [5, 5.41) is 9.68. The Labute approximate surface area is 153 Å². The number of benzene rings is 3. The Balaban J connectivity index is 1.78. The topological polar surface area (TPSA) is 36.7 Å². The molecule has 4 rings (SSSR count). The molecule has 4 aromatic rings. The molecule has 2 nitrogen and oxygen atoms in total. The van der Waals surface area contributed by atoms with Crippen LogP contribution < -0.4 is 0 Å². The largest absolute Gasteiger partial charge is 0.256 e. The predicted molar refractivity (Wildman–Crippen MR) is 105 cm³/mol. The highest BCUT2D eigenvalue weighted by atomic mass is 14.7. The van der Waals surface area contributed by atoms with Crippen molar-refractivity contribution in [3.05, 3.63) is 103 Å². The first-order valence-corrected chi connectivity index (χ1v) is 8.46. The molecule has 0 unspecified atom stereocenters. The molecule has 1 aromatic heterocycles. The summed E-state index contributed by atoms with van der Waals surface area (Å²) in [7, 11) is 0. The van der Waals surface area contributed by atoms with Gasteiger partial charge in [-0.05, 0) is 46.5 Å². The second-order valence-electron chi connectivity index (χ2n) is 6.03. The highest BCUT2D eigenvalue weighted by Crippen LogP contribution is 2.30. The lowest BCUT2D eigenvalue weighted by Gasteiger charge is -2.09. The van der Waals surface area contributed by atoms with Crippen molar-refractivity contribution in [2.75, 3.05) is 0 Å². The fourth-order valence-electron chi connectivity index (χ4n) is 3.08. The average Bonchev–Trinajstić information content (AvgIpc) is 2.74. The maximum Gasteiger partial charge on any atom is 0.0998 e. The van der Waals surface area contributed by atoms with Crippen LogP contribution >= 0.6 is 0 Å². The summed E-state index contributed by atoms with van der Waals surface area (Å²) in [6.45, 7) is 0. The second-order valence-corrected chi connectivity index (χ2v) is 6.03. The van der Waals surface area contributed by atoms with Crippen LogP contribution in [0.1, 0.15) is 5.56 Å². The van der Waals surface area contributed by atoms with Crippen LogP contribution in [0.3, 0.4) is 0 Å². The molecular formula is C24H16N2. The standard InChI is InChI=1S/C24H16N2/c25-17-22-15-19(18-7-2-1-3-8-18)12-13-23(22)20-9-6-10-21(16-20)24-11-4-5-14-26-24/h1-16H. The summed E-state index contributed by atoms with van der Waals surface area (Å²) in [5.41, 5.74) is 6.75. The van der Waals surface area contributed by atoms with E-state index in [4.69, 9.17) is 0 Å². The number of rotatable bonds is 3. The molecule has 0 aliphatic rings. The quantitative estimate of drug-likeness (QED) is 0.464. The van der Waals surface area contributed by atoms with Crippen molar-refractivity contribution in [2.24, 2.45) is 0 Å². The van der Waals surface area contributed by atoms with Crippen LogP contribution in [0.15, 0.2) is 97.2 Å². The van der Waals surface area contributed by atoms with Gasteiger partial charge in [0.25, 0.3) is 0 Å². The first-order chi connectivity index (χ1) is 12.8. The van der Waals surface area contributed by atoms with Crippen molar-refractivity contribution >= 4 is 0 Å². The van der Waals surface area contributed by atoms with Crippen LogP contribution in [0.2, 0.25) is 0 Å². The van der Waals surface area contributed by atoms with Gasteiger partial charge in [-0.3, -0.25) is 4.98 Å². The summed E-state index contributed by atoms with van der Waals surface area (Å²) in [6.07, 6.45) is 1.79. The lowest BCUT2D eigenvalue weighted by atomic mass is 9.94. The van der Waals surface area contributed by atoms with Gasteiger partial charge in [0, 0.05) is 11.8 Å². The monoisotopic (exact) mass is 332 g/mol. The van der Waals surface area contributed by atoms with Gasteiger partial charge in [0.15, 0.2) is 0 Å². The number of nitrogens with zero attached hydrogens (tertiary/aromatic N) is 2. The number of pyridine rings is 1.